The average molecular weight is 334 g/mol. The van der Waals surface area contributed by atoms with Gasteiger partial charge in [-0.2, -0.15) is 18.6 Å². The summed E-state index contributed by atoms with van der Waals surface area (Å²) in [6.45, 7) is 2.08. The van der Waals surface area contributed by atoms with Crippen LogP contribution in [0.15, 0.2) is 57.6 Å². The summed E-state index contributed by atoms with van der Waals surface area (Å²) in [4.78, 5) is -0.190. The van der Waals surface area contributed by atoms with Crippen molar-refractivity contribution in [2.24, 2.45) is 10.2 Å². The van der Waals surface area contributed by atoms with Crippen molar-refractivity contribution in [3.63, 3.8) is 0 Å². The Morgan fingerprint density at radius 3 is 2.35 bits per heavy atom. The molecule has 2 N–H and O–H groups in total. The lowest BCUT2D eigenvalue weighted by Gasteiger charge is -2.05. The maximum Gasteiger partial charge on any atom is 0.294 e. The van der Waals surface area contributed by atoms with E-state index >= 15 is 0 Å². The highest BCUT2D eigenvalue weighted by Crippen LogP contribution is 2.27. The lowest BCUT2D eigenvalue weighted by atomic mass is 10.1. The van der Waals surface area contributed by atoms with Gasteiger partial charge in [0.05, 0.1) is 16.3 Å². The molecule has 0 amide bonds. The highest BCUT2D eigenvalue weighted by atomic mass is 32.2. The lowest BCUT2D eigenvalue weighted by molar-refractivity contribution is 0.474. The van der Waals surface area contributed by atoms with Crippen molar-refractivity contribution in [3.8, 4) is 5.75 Å². The van der Waals surface area contributed by atoms with Crippen molar-refractivity contribution in [3.05, 3.63) is 48.0 Å². The van der Waals surface area contributed by atoms with Gasteiger partial charge in [-0.05, 0) is 60.9 Å². The van der Waals surface area contributed by atoms with Crippen LogP contribution in [0.3, 0.4) is 0 Å². The summed E-state index contributed by atoms with van der Waals surface area (Å²) < 4.78 is 30.9. The quantitative estimate of drug-likeness (QED) is 0.604. The molecule has 0 aliphatic rings. The zero-order valence-electron chi connectivity index (χ0n) is 12.7. The van der Waals surface area contributed by atoms with Gasteiger partial charge in [0.1, 0.15) is 5.75 Å². The molecule has 0 aliphatic heterocycles. The molecular weight excluding hydrogens is 316 g/mol. The van der Waals surface area contributed by atoms with Gasteiger partial charge in [0.2, 0.25) is 0 Å². The van der Waals surface area contributed by atoms with Crippen molar-refractivity contribution in [2.45, 2.75) is 31.1 Å². The molecule has 7 heteroatoms. The van der Waals surface area contributed by atoms with Crippen LogP contribution in [-0.4, -0.2) is 18.1 Å². The van der Waals surface area contributed by atoms with Crippen LogP contribution in [0.5, 0.6) is 5.75 Å². The summed E-state index contributed by atoms with van der Waals surface area (Å²) in [7, 11) is -4.21. The zero-order valence-corrected chi connectivity index (χ0v) is 13.5. The van der Waals surface area contributed by atoms with Gasteiger partial charge in [0.15, 0.2) is 0 Å². The van der Waals surface area contributed by atoms with E-state index in [0.29, 0.717) is 11.4 Å². The number of benzene rings is 2. The number of hydrogen-bond acceptors (Lipinski definition) is 5. The van der Waals surface area contributed by atoms with E-state index in [-0.39, 0.29) is 10.6 Å². The molecule has 0 saturated carbocycles. The Morgan fingerprint density at radius 2 is 1.74 bits per heavy atom. The maximum absolute atomic E-state index is 11.0. The van der Waals surface area contributed by atoms with Gasteiger partial charge < -0.3 is 5.11 Å². The number of rotatable bonds is 6. The van der Waals surface area contributed by atoms with Crippen LogP contribution in [0.25, 0.3) is 0 Å². The number of aryl methyl sites for hydroxylation is 1. The fourth-order valence-corrected chi connectivity index (χ4v) is 2.51. The summed E-state index contributed by atoms with van der Waals surface area (Å²) in [6, 6.07) is 10.3. The monoisotopic (exact) mass is 334 g/mol. The van der Waals surface area contributed by atoms with Crippen LogP contribution in [0.4, 0.5) is 11.4 Å². The summed E-state index contributed by atoms with van der Waals surface area (Å²) in [5, 5.41) is 17.8. The van der Waals surface area contributed by atoms with Gasteiger partial charge in [0, 0.05) is 0 Å². The molecule has 0 atom stereocenters. The smallest absolute Gasteiger partial charge is 0.294 e. The number of phenolic OH excluding ortho intramolecular Hbond substituents is 1. The molecule has 0 radical (unpaired) electrons. The third-order valence-corrected chi connectivity index (χ3v) is 4.14. The fourth-order valence-electron chi connectivity index (χ4n) is 2.03. The Bertz CT molecular complexity index is 799. The highest BCUT2D eigenvalue weighted by Gasteiger charge is 2.08. The Hall–Kier alpha value is -2.25. The predicted octanol–water partition coefficient (Wildman–Crippen LogP) is 4.40. The SMILES string of the molecule is CCCCc1cc(O)ccc1/N=N/c1ccc(S(=O)(=O)O)cc1. The minimum atomic E-state index is -4.21. The van der Waals surface area contributed by atoms with Gasteiger partial charge in [-0.3, -0.25) is 4.55 Å². The summed E-state index contributed by atoms with van der Waals surface area (Å²) >= 11 is 0. The molecule has 0 heterocycles. The Kier molecular flexibility index (Phi) is 5.46. The third kappa shape index (κ3) is 4.87. The molecular formula is C16H18N2O4S. The number of hydrogen-bond donors (Lipinski definition) is 2. The molecule has 2 aromatic rings. The second-order valence-electron chi connectivity index (χ2n) is 5.09. The summed E-state index contributed by atoms with van der Waals surface area (Å²) in [5.74, 6) is 0.188. The standard InChI is InChI=1S/C16H18N2O4S/c1-2-3-4-12-11-14(19)7-10-16(12)18-17-13-5-8-15(9-6-13)23(20,21)22/h5-11,19H,2-4H2,1H3,(H,20,21,22)/b18-17+. The number of phenols is 1. The van der Waals surface area contributed by atoms with Crippen molar-refractivity contribution < 1.29 is 18.1 Å². The molecule has 0 bridgehead atoms. The van der Waals surface area contributed by atoms with E-state index in [1.165, 1.54) is 24.3 Å². The third-order valence-electron chi connectivity index (χ3n) is 3.27. The topological polar surface area (TPSA) is 99.3 Å². The first-order valence-electron chi connectivity index (χ1n) is 7.21. The fraction of sp³-hybridized carbons (Fsp3) is 0.250. The second-order valence-corrected chi connectivity index (χ2v) is 6.51. The summed E-state index contributed by atoms with van der Waals surface area (Å²) in [6.07, 6.45) is 2.80. The van der Waals surface area contributed by atoms with Gasteiger partial charge in [-0.15, -0.1) is 0 Å². The molecule has 122 valence electrons. The first-order chi connectivity index (χ1) is 10.9. The minimum Gasteiger partial charge on any atom is -0.508 e. The van der Waals surface area contributed by atoms with E-state index in [4.69, 9.17) is 4.55 Å². The Labute approximate surface area is 135 Å². The normalized spacial score (nSPS) is 11.9. The van der Waals surface area contributed by atoms with Crippen LogP contribution in [-0.2, 0) is 16.5 Å². The average Bonchev–Trinajstić information content (AvgIpc) is 2.51. The number of azo groups is 1. The first kappa shape index (κ1) is 17.1. The van der Waals surface area contributed by atoms with E-state index in [0.717, 1.165) is 24.8 Å². The number of aromatic hydroxyl groups is 1. The molecule has 0 spiro atoms. The molecule has 0 fully saturated rings. The molecule has 0 aromatic heterocycles. The van der Waals surface area contributed by atoms with Gasteiger partial charge in [0.25, 0.3) is 10.1 Å². The predicted molar refractivity (Wildman–Crippen MR) is 87.2 cm³/mol. The first-order valence-corrected chi connectivity index (χ1v) is 8.65. The molecule has 2 rings (SSSR count). The van der Waals surface area contributed by atoms with Gasteiger partial charge in [-0.1, -0.05) is 13.3 Å². The van der Waals surface area contributed by atoms with Crippen molar-refractivity contribution in [1.29, 1.82) is 0 Å². The molecule has 0 unspecified atom stereocenters. The van der Waals surface area contributed by atoms with Crippen molar-refractivity contribution >= 4 is 21.5 Å². The van der Waals surface area contributed by atoms with E-state index in [9.17, 15) is 13.5 Å². The molecule has 2 aromatic carbocycles. The highest BCUT2D eigenvalue weighted by molar-refractivity contribution is 7.85. The van der Waals surface area contributed by atoms with E-state index in [1.54, 1.807) is 18.2 Å². The van der Waals surface area contributed by atoms with E-state index < -0.39 is 10.1 Å². The Balaban J connectivity index is 2.23. The van der Waals surface area contributed by atoms with Crippen LogP contribution < -0.4 is 0 Å². The number of nitrogens with zero attached hydrogens (tertiary/aromatic N) is 2. The van der Waals surface area contributed by atoms with E-state index in [2.05, 4.69) is 17.2 Å². The molecule has 0 saturated heterocycles. The largest absolute Gasteiger partial charge is 0.508 e. The second kappa shape index (κ2) is 7.34. The summed E-state index contributed by atoms with van der Waals surface area (Å²) in [5.41, 5.74) is 2.03. The minimum absolute atomic E-state index is 0.188. The van der Waals surface area contributed by atoms with Crippen LogP contribution in [0.1, 0.15) is 25.3 Å². The van der Waals surface area contributed by atoms with E-state index in [1.807, 2.05) is 0 Å². The molecule has 23 heavy (non-hydrogen) atoms. The zero-order chi connectivity index (χ0) is 16.9. The van der Waals surface area contributed by atoms with Gasteiger partial charge in [-0.25, -0.2) is 0 Å². The molecule has 6 nitrogen and oxygen atoms in total. The van der Waals surface area contributed by atoms with Crippen molar-refractivity contribution in [1.82, 2.24) is 0 Å². The molecule has 0 aliphatic carbocycles. The Morgan fingerprint density at radius 1 is 1.04 bits per heavy atom. The van der Waals surface area contributed by atoms with Crippen LogP contribution in [0, 0.1) is 0 Å². The van der Waals surface area contributed by atoms with Gasteiger partial charge >= 0.3 is 0 Å². The number of unbranched alkanes of at least 4 members (excludes halogenated alkanes) is 1. The van der Waals surface area contributed by atoms with Crippen molar-refractivity contribution in [2.75, 3.05) is 0 Å². The van der Waals surface area contributed by atoms with Crippen LogP contribution in [0.2, 0.25) is 0 Å². The lowest BCUT2D eigenvalue weighted by Crippen LogP contribution is -1.96. The maximum atomic E-state index is 11.0. The van der Waals surface area contributed by atoms with Crippen LogP contribution >= 0.6 is 0 Å².